The molecule has 1 saturated heterocycles. The van der Waals surface area contributed by atoms with Crippen LogP contribution in [-0.4, -0.2) is 47.1 Å². The largest absolute Gasteiger partial charge is 0.496 e. The molecule has 3 aromatic carbocycles. The van der Waals surface area contributed by atoms with Gasteiger partial charge in [0, 0.05) is 58.6 Å². The van der Waals surface area contributed by atoms with Crippen molar-refractivity contribution in [2.24, 2.45) is 11.3 Å². The zero-order chi connectivity index (χ0) is 27.8. The van der Waals surface area contributed by atoms with Crippen LogP contribution < -0.4 is 4.74 Å². The summed E-state index contributed by atoms with van der Waals surface area (Å²) in [4.78, 5) is 33.0. The van der Waals surface area contributed by atoms with Gasteiger partial charge in [0.25, 0.3) is 5.91 Å². The van der Waals surface area contributed by atoms with Crippen LogP contribution in [0.2, 0.25) is 0 Å². The number of rotatable bonds is 5. The Morgan fingerprint density at radius 3 is 2.60 bits per heavy atom. The van der Waals surface area contributed by atoms with Gasteiger partial charge in [-0.05, 0) is 48.6 Å². The summed E-state index contributed by atoms with van der Waals surface area (Å²) in [6, 6.07) is 22.2. The van der Waals surface area contributed by atoms with Crippen molar-refractivity contribution in [3.05, 3.63) is 107 Å². The molecule has 1 amide bonds. The van der Waals surface area contributed by atoms with Crippen LogP contribution in [0.3, 0.4) is 0 Å². The SMILES string of the molecule is C=C(C(=O)N1CC2C(c3ccc(C)cc3)c3c4[nH]c5cccc(c35)CCC4C2(C(=O)O)C1)c1ccccc1OC. The minimum atomic E-state index is -1.13. The number of nitrogens with one attached hydrogen (secondary N) is 1. The predicted octanol–water partition coefficient (Wildman–Crippen LogP) is 5.90. The standard InChI is InChI=1S/C34H32N2O4/c1-19-11-13-22(14-12-19)28-25-17-36(32(37)20(2)23-8-4-5-10-27(23)40-3)18-34(25,33(38)39)24-16-15-21-7-6-9-26-29(21)30(28)31(24)35-26/h4-14,24-25,28,35H,2,15-18H2,1,3H3,(H,38,39). The van der Waals surface area contributed by atoms with Gasteiger partial charge in [0.1, 0.15) is 5.75 Å². The van der Waals surface area contributed by atoms with Crippen molar-refractivity contribution in [1.29, 1.82) is 0 Å². The number of aliphatic carboxylic acids is 1. The molecule has 0 saturated carbocycles. The highest BCUT2D eigenvalue weighted by Crippen LogP contribution is 2.63. The average Bonchev–Trinajstić information content (AvgIpc) is 3.52. The number of aromatic amines is 1. The number of hydrogen-bond acceptors (Lipinski definition) is 3. The quantitative estimate of drug-likeness (QED) is 0.314. The number of methoxy groups -OCH3 is 1. The molecule has 202 valence electrons. The van der Waals surface area contributed by atoms with E-state index in [0.29, 0.717) is 23.4 Å². The van der Waals surface area contributed by atoms with E-state index in [1.165, 1.54) is 16.5 Å². The molecule has 3 aliphatic rings. The first kappa shape index (κ1) is 24.7. The average molecular weight is 533 g/mol. The second kappa shape index (κ2) is 8.85. The normalized spacial score (nSPS) is 24.6. The summed E-state index contributed by atoms with van der Waals surface area (Å²) in [5, 5.41) is 12.3. The number of carbonyl (C=O) groups is 2. The maximum atomic E-state index is 14.0. The molecule has 6 nitrogen and oxygen atoms in total. The maximum Gasteiger partial charge on any atom is 0.312 e. The molecule has 0 radical (unpaired) electrons. The topological polar surface area (TPSA) is 82.6 Å². The van der Waals surface area contributed by atoms with Crippen LogP contribution >= 0.6 is 0 Å². The van der Waals surface area contributed by atoms with Crippen LogP contribution in [0.15, 0.2) is 73.3 Å². The lowest BCUT2D eigenvalue weighted by Gasteiger charge is -2.45. The number of amides is 1. The van der Waals surface area contributed by atoms with Crippen LogP contribution in [0.5, 0.6) is 5.75 Å². The minimum absolute atomic E-state index is 0.144. The number of likely N-dealkylation sites (tertiary alicyclic amines) is 1. The summed E-state index contributed by atoms with van der Waals surface area (Å²) in [5.41, 5.74) is 6.66. The van der Waals surface area contributed by atoms with Crippen molar-refractivity contribution in [1.82, 2.24) is 9.88 Å². The van der Waals surface area contributed by atoms with E-state index >= 15 is 0 Å². The Morgan fingerprint density at radius 1 is 1.07 bits per heavy atom. The first-order valence-electron chi connectivity index (χ1n) is 13.9. The van der Waals surface area contributed by atoms with Crippen LogP contribution in [0.25, 0.3) is 16.5 Å². The molecule has 4 atom stereocenters. The van der Waals surface area contributed by atoms with E-state index in [9.17, 15) is 14.7 Å². The Morgan fingerprint density at radius 2 is 1.85 bits per heavy atom. The van der Waals surface area contributed by atoms with Crippen molar-refractivity contribution in [3.8, 4) is 5.75 Å². The summed E-state index contributed by atoms with van der Waals surface area (Å²) in [5.74, 6) is -1.18. The molecule has 7 rings (SSSR count). The number of carboxylic acid groups (broad SMARTS) is 1. The van der Waals surface area contributed by atoms with E-state index < -0.39 is 11.4 Å². The molecule has 1 aliphatic heterocycles. The number of ether oxygens (including phenoxy) is 1. The second-order valence-corrected chi connectivity index (χ2v) is 11.6. The Hall–Kier alpha value is -4.32. The van der Waals surface area contributed by atoms with E-state index in [1.807, 2.05) is 18.2 Å². The van der Waals surface area contributed by atoms with Gasteiger partial charge < -0.3 is 19.7 Å². The van der Waals surface area contributed by atoms with Crippen LogP contribution in [0.4, 0.5) is 0 Å². The van der Waals surface area contributed by atoms with E-state index in [1.54, 1.807) is 18.1 Å². The number of carbonyl (C=O) groups excluding carboxylic acids is 1. The number of benzene rings is 3. The molecule has 4 bridgehead atoms. The molecular formula is C34H32N2O4. The fourth-order valence-electron chi connectivity index (χ4n) is 7.91. The number of H-pyrrole nitrogens is 1. The smallest absolute Gasteiger partial charge is 0.312 e. The number of nitrogens with zero attached hydrogens (tertiary/aromatic N) is 1. The number of para-hydroxylation sites is 1. The molecule has 2 N–H and O–H groups in total. The van der Waals surface area contributed by atoms with Crippen molar-refractivity contribution >= 4 is 28.4 Å². The molecule has 2 aliphatic carbocycles. The fraction of sp³-hybridized carbons (Fsp3) is 0.294. The third-order valence-electron chi connectivity index (χ3n) is 9.71. The molecule has 6 heteroatoms. The van der Waals surface area contributed by atoms with E-state index in [2.05, 4.69) is 61.0 Å². The second-order valence-electron chi connectivity index (χ2n) is 11.6. The fourth-order valence-corrected chi connectivity index (χ4v) is 7.91. The highest BCUT2D eigenvalue weighted by atomic mass is 16.5. The molecule has 0 spiro atoms. The van der Waals surface area contributed by atoms with Gasteiger partial charge in [-0.2, -0.15) is 0 Å². The Kier molecular flexibility index (Phi) is 5.46. The van der Waals surface area contributed by atoms with E-state index in [4.69, 9.17) is 4.74 Å². The van der Waals surface area contributed by atoms with Crippen molar-refractivity contribution in [2.45, 2.75) is 31.6 Å². The van der Waals surface area contributed by atoms with E-state index in [0.717, 1.165) is 35.2 Å². The van der Waals surface area contributed by atoms with Gasteiger partial charge in [-0.25, -0.2) is 0 Å². The predicted molar refractivity (Wildman–Crippen MR) is 155 cm³/mol. The number of aromatic nitrogens is 1. The van der Waals surface area contributed by atoms with Gasteiger partial charge in [-0.1, -0.05) is 66.7 Å². The van der Waals surface area contributed by atoms with Gasteiger partial charge in [-0.3, -0.25) is 9.59 Å². The van der Waals surface area contributed by atoms with Gasteiger partial charge in [-0.15, -0.1) is 0 Å². The molecule has 4 aromatic rings. The maximum absolute atomic E-state index is 14.0. The Labute approximate surface area is 233 Å². The van der Waals surface area contributed by atoms with Crippen molar-refractivity contribution in [3.63, 3.8) is 0 Å². The molecule has 2 heterocycles. The number of carboxylic acids is 1. The number of fused-ring (bicyclic) bond motifs is 2. The summed E-state index contributed by atoms with van der Waals surface area (Å²) in [6.45, 7) is 6.70. The zero-order valence-corrected chi connectivity index (χ0v) is 22.7. The highest BCUT2D eigenvalue weighted by Gasteiger charge is 2.64. The highest BCUT2D eigenvalue weighted by molar-refractivity contribution is 6.19. The van der Waals surface area contributed by atoms with E-state index in [-0.39, 0.29) is 30.2 Å². The minimum Gasteiger partial charge on any atom is -0.496 e. The van der Waals surface area contributed by atoms with Gasteiger partial charge in [0.2, 0.25) is 0 Å². The summed E-state index contributed by atoms with van der Waals surface area (Å²) in [6.07, 6.45) is 1.54. The summed E-state index contributed by atoms with van der Waals surface area (Å²) in [7, 11) is 1.57. The Balaban J connectivity index is 1.40. The zero-order valence-electron chi connectivity index (χ0n) is 22.7. The molecular weight excluding hydrogens is 500 g/mol. The van der Waals surface area contributed by atoms with Crippen LogP contribution in [-0.2, 0) is 16.0 Å². The first-order valence-corrected chi connectivity index (χ1v) is 13.9. The van der Waals surface area contributed by atoms with Gasteiger partial charge in [0.15, 0.2) is 0 Å². The number of hydrogen-bond donors (Lipinski definition) is 2. The Bertz CT molecular complexity index is 1700. The van der Waals surface area contributed by atoms with Crippen molar-refractivity contribution in [2.75, 3.05) is 20.2 Å². The lowest BCUT2D eigenvalue weighted by atomic mass is 9.55. The lowest BCUT2D eigenvalue weighted by Crippen LogP contribution is -2.49. The van der Waals surface area contributed by atoms with Crippen LogP contribution in [0.1, 0.15) is 51.8 Å². The molecule has 4 unspecified atom stereocenters. The van der Waals surface area contributed by atoms with Crippen LogP contribution in [0, 0.1) is 18.3 Å². The molecule has 40 heavy (non-hydrogen) atoms. The third-order valence-corrected chi connectivity index (χ3v) is 9.71. The monoisotopic (exact) mass is 532 g/mol. The summed E-state index contributed by atoms with van der Waals surface area (Å²) >= 11 is 0. The van der Waals surface area contributed by atoms with Gasteiger partial charge in [0.05, 0.1) is 12.5 Å². The van der Waals surface area contributed by atoms with Crippen molar-refractivity contribution < 1.29 is 19.4 Å². The lowest BCUT2D eigenvalue weighted by molar-refractivity contribution is -0.153. The molecule has 1 fully saturated rings. The molecule has 1 aromatic heterocycles. The summed E-state index contributed by atoms with van der Waals surface area (Å²) < 4.78 is 5.50. The third kappa shape index (κ3) is 3.28. The number of aryl methyl sites for hydroxylation is 2. The van der Waals surface area contributed by atoms with Gasteiger partial charge >= 0.3 is 5.97 Å². The first-order chi connectivity index (χ1) is 19.3.